The van der Waals surface area contributed by atoms with Crippen molar-refractivity contribution >= 4 is 28.7 Å². The highest BCUT2D eigenvalue weighted by molar-refractivity contribution is 5.94. The van der Waals surface area contributed by atoms with Gasteiger partial charge in [0.1, 0.15) is 12.9 Å². The third-order valence-corrected chi connectivity index (χ3v) is 5.97. The van der Waals surface area contributed by atoms with Gasteiger partial charge in [-0.1, -0.05) is 13.0 Å². The molecule has 4 rings (SSSR count). The highest BCUT2D eigenvalue weighted by atomic mass is 16.6. The second-order valence-corrected chi connectivity index (χ2v) is 8.45. The topological polar surface area (TPSA) is 86.1 Å². The van der Waals surface area contributed by atoms with E-state index in [9.17, 15) is 9.59 Å². The zero-order chi connectivity index (χ0) is 24.6. The van der Waals surface area contributed by atoms with E-state index in [4.69, 9.17) is 14.2 Å². The largest absolute Gasteiger partial charge is 0.465 e. The van der Waals surface area contributed by atoms with Crippen LogP contribution in [0.15, 0.2) is 48.8 Å². The fourth-order valence-corrected chi connectivity index (χ4v) is 4.09. The summed E-state index contributed by atoms with van der Waals surface area (Å²) in [5.74, 6) is -0.543. The predicted molar refractivity (Wildman–Crippen MR) is 133 cm³/mol. The van der Waals surface area contributed by atoms with Crippen molar-refractivity contribution in [3.8, 4) is 5.69 Å². The van der Waals surface area contributed by atoms with Crippen LogP contribution in [0.5, 0.6) is 0 Å². The van der Waals surface area contributed by atoms with Crippen LogP contribution in [0.25, 0.3) is 16.7 Å². The second kappa shape index (κ2) is 11.8. The minimum atomic E-state index is -0.390. The Hall–Kier alpha value is -3.43. The van der Waals surface area contributed by atoms with Gasteiger partial charge in [0.25, 0.3) is 0 Å². The summed E-state index contributed by atoms with van der Waals surface area (Å²) in [5.41, 5.74) is 4.21. The second-order valence-electron chi connectivity index (χ2n) is 8.45. The molecule has 1 aromatic heterocycles. The van der Waals surface area contributed by atoms with Crippen LogP contribution in [-0.4, -0.2) is 86.0 Å². The summed E-state index contributed by atoms with van der Waals surface area (Å²) in [5, 5.41) is 0. The third kappa shape index (κ3) is 6.17. The molecule has 9 heteroatoms. The summed E-state index contributed by atoms with van der Waals surface area (Å²) in [4.78, 5) is 33.1. The molecule has 2 aromatic carbocycles. The zero-order valence-electron chi connectivity index (χ0n) is 20.3. The van der Waals surface area contributed by atoms with Gasteiger partial charge in [-0.25, -0.2) is 9.78 Å². The van der Waals surface area contributed by atoms with Gasteiger partial charge in [-0.05, 0) is 42.8 Å². The van der Waals surface area contributed by atoms with Gasteiger partial charge >= 0.3 is 11.9 Å². The Morgan fingerprint density at radius 1 is 0.943 bits per heavy atom. The summed E-state index contributed by atoms with van der Waals surface area (Å²) in [6.45, 7) is 6.68. The molecule has 0 atom stereocenters. The molecule has 0 saturated carbocycles. The van der Waals surface area contributed by atoms with E-state index >= 15 is 0 Å². The monoisotopic (exact) mass is 480 g/mol. The van der Waals surface area contributed by atoms with Gasteiger partial charge < -0.3 is 19.1 Å². The molecule has 0 aliphatic carbocycles. The summed E-state index contributed by atoms with van der Waals surface area (Å²) < 4.78 is 17.3. The Balaban J connectivity index is 1.42. The Labute approximate surface area is 205 Å². The maximum absolute atomic E-state index is 12.2. The van der Waals surface area contributed by atoms with Crippen LogP contribution < -0.4 is 4.90 Å². The van der Waals surface area contributed by atoms with Crippen molar-refractivity contribution < 1.29 is 23.8 Å². The SMILES string of the molecule is CCCOC(=O)CN1CCN(c2cccc(-n3cnc4cc(C(=O)OCCOC)ccc43)c2)CC1. The Morgan fingerprint density at radius 2 is 1.74 bits per heavy atom. The molecule has 1 fully saturated rings. The molecule has 0 amide bonds. The zero-order valence-corrected chi connectivity index (χ0v) is 20.3. The van der Waals surface area contributed by atoms with Crippen molar-refractivity contribution in [3.05, 3.63) is 54.4 Å². The van der Waals surface area contributed by atoms with Crippen molar-refractivity contribution in [1.82, 2.24) is 14.5 Å². The summed E-state index contributed by atoms with van der Waals surface area (Å²) in [6.07, 6.45) is 2.61. The molecule has 0 unspecified atom stereocenters. The van der Waals surface area contributed by atoms with Crippen LogP contribution in [0.1, 0.15) is 23.7 Å². The lowest BCUT2D eigenvalue weighted by molar-refractivity contribution is -0.145. The van der Waals surface area contributed by atoms with E-state index in [1.165, 1.54) is 0 Å². The number of hydrogen-bond acceptors (Lipinski definition) is 8. The number of esters is 2. The average Bonchev–Trinajstić information content (AvgIpc) is 3.31. The number of carbonyl (C=O) groups excluding carboxylic acids is 2. The molecule has 0 spiro atoms. The van der Waals surface area contributed by atoms with Crippen LogP contribution in [0.3, 0.4) is 0 Å². The lowest BCUT2D eigenvalue weighted by Gasteiger charge is -2.35. The first-order valence-corrected chi connectivity index (χ1v) is 12.0. The van der Waals surface area contributed by atoms with Crippen LogP contribution in [-0.2, 0) is 19.0 Å². The van der Waals surface area contributed by atoms with Gasteiger partial charge in [0, 0.05) is 44.7 Å². The normalized spacial score (nSPS) is 14.3. The maximum atomic E-state index is 12.2. The molecule has 0 radical (unpaired) electrons. The van der Waals surface area contributed by atoms with E-state index in [0.717, 1.165) is 55.0 Å². The number of nitrogens with zero attached hydrogens (tertiary/aromatic N) is 4. The minimum Gasteiger partial charge on any atom is -0.465 e. The fourth-order valence-electron chi connectivity index (χ4n) is 4.09. The number of methoxy groups -OCH3 is 1. The molecule has 186 valence electrons. The first-order valence-electron chi connectivity index (χ1n) is 12.0. The highest BCUT2D eigenvalue weighted by Crippen LogP contribution is 2.24. The van der Waals surface area contributed by atoms with Gasteiger partial charge in [-0.15, -0.1) is 0 Å². The van der Waals surface area contributed by atoms with Crippen LogP contribution >= 0.6 is 0 Å². The molecule has 0 N–H and O–H groups in total. The molecule has 3 aromatic rings. The van der Waals surface area contributed by atoms with Crippen molar-refractivity contribution in [2.24, 2.45) is 0 Å². The number of aromatic nitrogens is 2. The van der Waals surface area contributed by atoms with Gasteiger partial charge in [-0.3, -0.25) is 14.3 Å². The molecule has 2 heterocycles. The van der Waals surface area contributed by atoms with Crippen LogP contribution in [0.4, 0.5) is 5.69 Å². The van der Waals surface area contributed by atoms with E-state index in [1.54, 1.807) is 25.6 Å². The molecule has 35 heavy (non-hydrogen) atoms. The molecule has 0 bridgehead atoms. The van der Waals surface area contributed by atoms with Crippen molar-refractivity contribution in [1.29, 1.82) is 0 Å². The Morgan fingerprint density at radius 3 is 2.51 bits per heavy atom. The molecule has 1 saturated heterocycles. The van der Waals surface area contributed by atoms with Crippen molar-refractivity contribution in [3.63, 3.8) is 0 Å². The van der Waals surface area contributed by atoms with E-state index in [2.05, 4.69) is 26.9 Å². The van der Waals surface area contributed by atoms with Gasteiger partial charge in [0.05, 0.1) is 36.4 Å². The third-order valence-electron chi connectivity index (χ3n) is 5.97. The molecule has 9 nitrogen and oxygen atoms in total. The molecular formula is C26H32N4O5. The van der Waals surface area contributed by atoms with Crippen molar-refractivity contribution in [2.45, 2.75) is 13.3 Å². The van der Waals surface area contributed by atoms with Gasteiger partial charge in [0.2, 0.25) is 0 Å². The quantitative estimate of drug-likeness (QED) is 0.324. The summed E-state index contributed by atoms with van der Waals surface area (Å²) in [7, 11) is 1.56. The molecular weight excluding hydrogens is 448 g/mol. The summed E-state index contributed by atoms with van der Waals surface area (Å²) >= 11 is 0. The number of imidazole rings is 1. The number of rotatable bonds is 10. The Kier molecular flexibility index (Phi) is 8.33. The first kappa shape index (κ1) is 24.7. The van der Waals surface area contributed by atoms with E-state index in [1.807, 2.05) is 29.7 Å². The van der Waals surface area contributed by atoms with E-state index < -0.39 is 5.97 Å². The highest BCUT2D eigenvalue weighted by Gasteiger charge is 2.20. The number of ether oxygens (including phenoxy) is 3. The minimum absolute atomic E-state index is 0.152. The van der Waals surface area contributed by atoms with Gasteiger partial charge in [-0.2, -0.15) is 0 Å². The van der Waals surface area contributed by atoms with Crippen LogP contribution in [0, 0.1) is 0 Å². The number of anilines is 1. The van der Waals surface area contributed by atoms with E-state index in [0.29, 0.717) is 25.3 Å². The molecule has 1 aliphatic heterocycles. The molecule has 1 aliphatic rings. The smallest absolute Gasteiger partial charge is 0.338 e. The fraction of sp³-hybridized carbons (Fsp3) is 0.423. The number of hydrogen-bond donors (Lipinski definition) is 0. The lowest BCUT2D eigenvalue weighted by Crippen LogP contribution is -2.48. The Bertz CT molecular complexity index is 1150. The number of carbonyl (C=O) groups is 2. The summed E-state index contributed by atoms with van der Waals surface area (Å²) in [6, 6.07) is 13.7. The average molecular weight is 481 g/mol. The van der Waals surface area contributed by atoms with Crippen LogP contribution in [0.2, 0.25) is 0 Å². The van der Waals surface area contributed by atoms with E-state index in [-0.39, 0.29) is 12.6 Å². The number of benzene rings is 2. The standard InChI is InChI=1S/C26H32N4O5/c1-3-13-34-25(31)18-28-9-11-29(12-10-28)21-5-4-6-22(17-21)30-19-27-23-16-20(7-8-24(23)30)26(32)35-15-14-33-2/h4-8,16-17,19H,3,9-15,18H2,1-2H3. The van der Waals surface area contributed by atoms with Crippen molar-refractivity contribution in [2.75, 3.05) is 64.6 Å². The maximum Gasteiger partial charge on any atom is 0.338 e. The number of piperazine rings is 1. The lowest BCUT2D eigenvalue weighted by atomic mass is 10.2. The number of fused-ring (bicyclic) bond motifs is 1. The first-order chi connectivity index (χ1) is 17.1. The van der Waals surface area contributed by atoms with Gasteiger partial charge in [0.15, 0.2) is 0 Å². The predicted octanol–water partition coefficient (Wildman–Crippen LogP) is 2.90.